The van der Waals surface area contributed by atoms with Crippen molar-refractivity contribution in [2.45, 2.75) is 39.4 Å². The fraction of sp³-hybridized carbons (Fsp3) is 0.889. The molecule has 0 aliphatic carbocycles. The van der Waals surface area contributed by atoms with Crippen LogP contribution in [0.25, 0.3) is 0 Å². The van der Waals surface area contributed by atoms with Gasteiger partial charge >= 0.3 is 0 Å². The number of carbonyl (C=O) groups excluding carboxylic acids is 1. The van der Waals surface area contributed by atoms with Gasteiger partial charge in [0.1, 0.15) is 0 Å². The van der Waals surface area contributed by atoms with E-state index in [1.165, 1.54) is 0 Å². The van der Waals surface area contributed by atoms with E-state index in [1.807, 2.05) is 20.8 Å². The molecule has 78 valence electrons. The predicted octanol–water partition coefficient (Wildman–Crippen LogP) is -0.162. The van der Waals surface area contributed by atoms with E-state index in [0.717, 1.165) is 13.1 Å². The summed E-state index contributed by atoms with van der Waals surface area (Å²) >= 11 is 0. The number of likely N-dealkylation sites (N-methyl/N-ethyl adjacent to an activating group) is 2. The monoisotopic (exact) mass is 187 g/mol. The first kappa shape index (κ1) is 12.6. The standard InChI is InChI=1S/C9H21N3O/c1-4-7(13)8(11-5-2)9(10)12-6-3/h8-9,11-12H,4-6,10H2,1-3H3. The molecule has 0 aromatic rings. The zero-order chi connectivity index (χ0) is 10.3. The summed E-state index contributed by atoms with van der Waals surface area (Å²) in [5.41, 5.74) is 5.80. The molecule has 4 heteroatoms. The number of rotatable bonds is 7. The smallest absolute Gasteiger partial charge is 0.152 e. The summed E-state index contributed by atoms with van der Waals surface area (Å²) in [4.78, 5) is 11.4. The molecule has 4 nitrogen and oxygen atoms in total. The van der Waals surface area contributed by atoms with E-state index in [4.69, 9.17) is 5.73 Å². The number of nitrogens with one attached hydrogen (secondary N) is 2. The van der Waals surface area contributed by atoms with Crippen molar-refractivity contribution in [3.05, 3.63) is 0 Å². The summed E-state index contributed by atoms with van der Waals surface area (Å²) in [6.07, 6.45) is 0.244. The van der Waals surface area contributed by atoms with Gasteiger partial charge in [0.2, 0.25) is 0 Å². The minimum Gasteiger partial charge on any atom is -0.314 e. The molecule has 0 heterocycles. The van der Waals surface area contributed by atoms with Crippen LogP contribution in [-0.4, -0.2) is 31.1 Å². The van der Waals surface area contributed by atoms with Crippen molar-refractivity contribution >= 4 is 5.78 Å². The molecule has 13 heavy (non-hydrogen) atoms. The number of ketones is 1. The van der Waals surface area contributed by atoms with E-state index in [2.05, 4.69) is 10.6 Å². The van der Waals surface area contributed by atoms with E-state index in [0.29, 0.717) is 6.42 Å². The van der Waals surface area contributed by atoms with E-state index in [9.17, 15) is 4.79 Å². The van der Waals surface area contributed by atoms with Crippen LogP contribution in [0.1, 0.15) is 27.2 Å². The molecule has 0 aromatic carbocycles. The number of hydrogen-bond donors (Lipinski definition) is 3. The van der Waals surface area contributed by atoms with Crippen molar-refractivity contribution in [3.8, 4) is 0 Å². The topological polar surface area (TPSA) is 67.2 Å². The molecule has 0 rings (SSSR count). The zero-order valence-corrected chi connectivity index (χ0v) is 8.76. The van der Waals surface area contributed by atoms with Gasteiger partial charge in [0.15, 0.2) is 5.78 Å². The minimum atomic E-state index is -0.280. The molecule has 0 aliphatic heterocycles. The van der Waals surface area contributed by atoms with Crippen LogP contribution in [0.3, 0.4) is 0 Å². The first-order chi connectivity index (χ1) is 6.17. The Balaban J connectivity index is 4.13. The first-order valence-corrected chi connectivity index (χ1v) is 4.92. The highest BCUT2D eigenvalue weighted by Gasteiger charge is 2.21. The maximum absolute atomic E-state index is 11.4. The molecule has 0 aliphatic rings. The van der Waals surface area contributed by atoms with Gasteiger partial charge in [-0.2, -0.15) is 0 Å². The lowest BCUT2D eigenvalue weighted by molar-refractivity contribution is -0.121. The Morgan fingerprint density at radius 1 is 1.23 bits per heavy atom. The molecular weight excluding hydrogens is 166 g/mol. The van der Waals surface area contributed by atoms with Gasteiger partial charge in [-0.25, -0.2) is 0 Å². The van der Waals surface area contributed by atoms with Crippen molar-refractivity contribution in [1.29, 1.82) is 0 Å². The first-order valence-electron chi connectivity index (χ1n) is 4.92. The zero-order valence-electron chi connectivity index (χ0n) is 8.76. The number of Topliss-reactive ketones (excluding diaryl/α,β-unsaturated/α-hetero) is 1. The Kier molecular flexibility index (Phi) is 6.76. The summed E-state index contributed by atoms with van der Waals surface area (Å²) in [5, 5.41) is 6.12. The van der Waals surface area contributed by atoms with Crippen molar-refractivity contribution in [2.75, 3.05) is 13.1 Å². The van der Waals surface area contributed by atoms with Crippen LogP contribution in [-0.2, 0) is 4.79 Å². The largest absolute Gasteiger partial charge is 0.314 e. The molecule has 0 bridgehead atoms. The molecule has 0 saturated carbocycles. The Morgan fingerprint density at radius 2 is 1.77 bits per heavy atom. The highest BCUT2D eigenvalue weighted by atomic mass is 16.1. The van der Waals surface area contributed by atoms with Crippen LogP contribution >= 0.6 is 0 Å². The summed E-state index contributed by atoms with van der Waals surface area (Å²) in [5.74, 6) is 0.162. The van der Waals surface area contributed by atoms with Crippen molar-refractivity contribution < 1.29 is 4.79 Å². The van der Waals surface area contributed by atoms with Gasteiger partial charge < -0.3 is 16.4 Å². The molecule has 0 spiro atoms. The third-order valence-corrected chi connectivity index (χ3v) is 1.92. The summed E-state index contributed by atoms with van der Waals surface area (Å²) in [7, 11) is 0. The van der Waals surface area contributed by atoms with Gasteiger partial charge in [-0.15, -0.1) is 0 Å². The van der Waals surface area contributed by atoms with Crippen LogP contribution < -0.4 is 16.4 Å². The van der Waals surface area contributed by atoms with Crippen molar-refractivity contribution in [3.63, 3.8) is 0 Å². The second-order valence-electron chi connectivity index (χ2n) is 2.94. The molecular formula is C9H21N3O. The lowest BCUT2D eigenvalue weighted by Crippen LogP contribution is -2.57. The predicted molar refractivity (Wildman–Crippen MR) is 54.4 cm³/mol. The second kappa shape index (κ2) is 7.00. The maximum atomic E-state index is 11.4. The van der Waals surface area contributed by atoms with Gasteiger partial charge in [0.25, 0.3) is 0 Å². The van der Waals surface area contributed by atoms with Crippen LogP contribution in [0.5, 0.6) is 0 Å². The average molecular weight is 187 g/mol. The summed E-state index contributed by atoms with van der Waals surface area (Å²) < 4.78 is 0. The van der Waals surface area contributed by atoms with Crippen molar-refractivity contribution in [1.82, 2.24) is 10.6 Å². The number of carbonyl (C=O) groups is 1. The quantitative estimate of drug-likeness (QED) is 0.484. The Hall–Kier alpha value is -0.450. The normalized spacial score (nSPS) is 15.4. The summed E-state index contributed by atoms with van der Waals surface area (Å²) in [6, 6.07) is -0.255. The van der Waals surface area contributed by atoms with Gasteiger partial charge in [-0.05, 0) is 13.1 Å². The third kappa shape index (κ3) is 4.36. The van der Waals surface area contributed by atoms with Gasteiger partial charge in [0, 0.05) is 6.42 Å². The molecule has 0 fully saturated rings. The molecule has 2 atom stereocenters. The van der Waals surface area contributed by atoms with E-state index in [-0.39, 0.29) is 18.0 Å². The van der Waals surface area contributed by atoms with Crippen LogP contribution in [0.15, 0.2) is 0 Å². The number of hydrogen-bond acceptors (Lipinski definition) is 4. The molecule has 0 saturated heterocycles. The van der Waals surface area contributed by atoms with Gasteiger partial charge in [-0.1, -0.05) is 20.8 Å². The third-order valence-electron chi connectivity index (χ3n) is 1.92. The van der Waals surface area contributed by atoms with Crippen LogP contribution in [0.2, 0.25) is 0 Å². The molecule has 0 amide bonds. The highest BCUT2D eigenvalue weighted by Crippen LogP contribution is 1.94. The van der Waals surface area contributed by atoms with Gasteiger partial charge in [0.05, 0.1) is 12.2 Å². The minimum absolute atomic E-state index is 0.162. The lowest BCUT2D eigenvalue weighted by atomic mass is 10.1. The fourth-order valence-corrected chi connectivity index (χ4v) is 1.23. The van der Waals surface area contributed by atoms with Crippen LogP contribution in [0, 0.1) is 0 Å². The van der Waals surface area contributed by atoms with Crippen LogP contribution in [0.4, 0.5) is 0 Å². The Labute approximate surface area is 80.3 Å². The molecule has 4 N–H and O–H groups in total. The molecule has 0 aromatic heterocycles. The SMILES string of the molecule is CCNC(N)C(NCC)C(=O)CC. The van der Waals surface area contributed by atoms with Crippen molar-refractivity contribution in [2.24, 2.45) is 5.73 Å². The second-order valence-corrected chi connectivity index (χ2v) is 2.94. The fourth-order valence-electron chi connectivity index (χ4n) is 1.23. The average Bonchev–Trinajstić information content (AvgIpc) is 2.13. The Bertz CT molecular complexity index is 150. The van der Waals surface area contributed by atoms with E-state index >= 15 is 0 Å². The maximum Gasteiger partial charge on any atom is 0.152 e. The Morgan fingerprint density at radius 3 is 2.15 bits per heavy atom. The summed E-state index contributed by atoms with van der Waals surface area (Å²) in [6.45, 7) is 7.33. The van der Waals surface area contributed by atoms with Gasteiger partial charge in [-0.3, -0.25) is 4.79 Å². The molecule has 2 unspecified atom stereocenters. The number of nitrogens with two attached hydrogens (primary N) is 1. The lowest BCUT2D eigenvalue weighted by Gasteiger charge is -2.23. The molecule has 0 radical (unpaired) electrons. The van der Waals surface area contributed by atoms with E-state index in [1.54, 1.807) is 0 Å². The highest BCUT2D eigenvalue weighted by molar-refractivity contribution is 5.84. The van der Waals surface area contributed by atoms with E-state index < -0.39 is 0 Å².